The molecular formula is C19H25N3O3. The number of aryl methyl sites for hydroxylation is 1. The minimum Gasteiger partial charge on any atom is -0.441 e. The van der Waals surface area contributed by atoms with Gasteiger partial charge in [-0.2, -0.15) is 0 Å². The largest absolute Gasteiger partial charge is 0.441 e. The molecule has 1 heterocycles. The Morgan fingerprint density at radius 1 is 1.12 bits per heavy atom. The van der Waals surface area contributed by atoms with E-state index in [1.165, 1.54) is 12.5 Å². The summed E-state index contributed by atoms with van der Waals surface area (Å²) >= 11 is 0. The number of nitrogens with zero attached hydrogens (tertiary/aromatic N) is 1. The maximum Gasteiger partial charge on any atom is 0.226 e. The Morgan fingerprint density at radius 2 is 1.76 bits per heavy atom. The summed E-state index contributed by atoms with van der Waals surface area (Å²) < 4.78 is 5.71. The number of oxazole rings is 1. The van der Waals surface area contributed by atoms with E-state index in [2.05, 4.69) is 41.6 Å². The molecule has 0 bridgehead atoms. The Kier molecular flexibility index (Phi) is 6.33. The van der Waals surface area contributed by atoms with Crippen molar-refractivity contribution in [2.45, 2.75) is 40.0 Å². The van der Waals surface area contributed by atoms with Gasteiger partial charge >= 0.3 is 0 Å². The Bertz CT molecular complexity index is 733. The van der Waals surface area contributed by atoms with Gasteiger partial charge in [-0.15, -0.1) is 0 Å². The zero-order valence-corrected chi connectivity index (χ0v) is 15.2. The summed E-state index contributed by atoms with van der Waals surface area (Å²) in [6, 6.07) is 8.09. The van der Waals surface area contributed by atoms with E-state index in [1.807, 2.05) is 12.1 Å². The fraction of sp³-hybridized carbons (Fsp3) is 0.421. The van der Waals surface area contributed by atoms with Crippen molar-refractivity contribution in [2.75, 3.05) is 13.1 Å². The lowest BCUT2D eigenvalue weighted by molar-refractivity contribution is -0.121. The average molecular weight is 343 g/mol. The highest BCUT2D eigenvalue weighted by Crippen LogP contribution is 2.24. The number of nitrogens with one attached hydrogen (secondary N) is 2. The number of benzene rings is 1. The van der Waals surface area contributed by atoms with E-state index in [1.54, 1.807) is 6.92 Å². The third-order valence-electron chi connectivity index (χ3n) is 3.87. The number of aromatic nitrogens is 1. The van der Waals surface area contributed by atoms with Crippen molar-refractivity contribution in [3.8, 4) is 11.5 Å². The first kappa shape index (κ1) is 18.7. The van der Waals surface area contributed by atoms with Crippen molar-refractivity contribution in [1.29, 1.82) is 0 Å². The predicted molar refractivity (Wildman–Crippen MR) is 96.2 cm³/mol. The average Bonchev–Trinajstić information content (AvgIpc) is 2.92. The molecule has 1 aromatic carbocycles. The minimum absolute atomic E-state index is 0.116. The highest BCUT2D eigenvalue weighted by atomic mass is 16.4. The first-order chi connectivity index (χ1) is 11.9. The SMILES string of the molecule is CC(=O)NCCNC(=O)Cc1nc(-c2ccc(C(C)C)cc2)oc1C. The summed E-state index contributed by atoms with van der Waals surface area (Å²) in [7, 11) is 0. The van der Waals surface area contributed by atoms with E-state index < -0.39 is 0 Å². The molecule has 0 saturated carbocycles. The van der Waals surface area contributed by atoms with Crippen LogP contribution in [0.15, 0.2) is 28.7 Å². The zero-order chi connectivity index (χ0) is 18.4. The van der Waals surface area contributed by atoms with Gasteiger partial charge in [-0.3, -0.25) is 9.59 Å². The Morgan fingerprint density at radius 3 is 2.36 bits per heavy atom. The molecule has 134 valence electrons. The molecular weight excluding hydrogens is 318 g/mol. The normalized spacial score (nSPS) is 10.8. The van der Waals surface area contributed by atoms with Crippen molar-refractivity contribution in [3.63, 3.8) is 0 Å². The summed E-state index contributed by atoms with van der Waals surface area (Å²) in [4.78, 5) is 27.2. The maximum absolute atomic E-state index is 12.0. The molecule has 0 aliphatic rings. The molecule has 0 aliphatic carbocycles. The second-order valence-corrected chi connectivity index (χ2v) is 6.31. The summed E-state index contributed by atoms with van der Waals surface area (Å²) in [6.45, 7) is 8.33. The summed E-state index contributed by atoms with van der Waals surface area (Å²) in [5.74, 6) is 1.36. The number of carbonyl (C=O) groups excluding carboxylic acids is 2. The van der Waals surface area contributed by atoms with Crippen LogP contribution in [0, 0.1) is 6.92 Å². The molecule has 0 radical (unpaired) electrons. The van der Waals surface area contributed by atoms with Gasteiger partial charge in [0, 0.05) is 25.6 Å². The van der Waals surface area contributed by atoms with Crippen LogP contribution in [0.3, 0.4) is 0 Å². The van der Waals surface area contributed by atoms with E-state index in [-0.39, 0.29) is 18.2 Å². The van der Waals surface area contributed by atoms with E-state index in [0.29, 0.717) is 36.4 Å². The van der Waals surface area contributed by atoms with Gasteiger partial charge in [0.25, 0.3) is 0 Å². The third-order valence-corrected chi connectivity index (χ3v) is 3.87. The van der Waals surface area contributed by atoms with Gasteiger partial charge in [0.2, 0.25) is 17.7 Å². The molecule has 0 aliphatic heterocycles. The molecule has 2 aromatic rings. The van der Waals surface area contributed by atoms with Crippen LogP contribution in [0.25, 0.3) is 11.5 Å². The van der Waals surface area contributed by atoms with Crippen LogP contribution >= 0.6 is 0 Å². The van der Waals surface area contributed by atoms with Gasteiger partial charge in [0.1, 0.15) is 5.76 Å². The molecule has 25 heavy (non-hydrogen) atoms. The van der Waals surface area contributed by atoms with Crippen LogP contribution in [0.4, 0.5) is 0 Å². The lowest BCUT2D eigenvalue weighted by atomic mass is 10.0. The van der Waals surface area contributed by atoms with E-state index >= 15 is 0 Å². The van der Waals surface area contributed by atoms with Crippen molar-refractivity contribution >= 4 is 11.8 Å². The Labute approximate surface area is 148 Å². The van der Waals surface area contributed by atoms with Gasteiger partial charge in [-0.1, -0.05) is 26.0 Å². The topological polar surface area (TPSA) is 84.2 Å². The van der Waals surface area contributed by atoms with Crippen LogP contribution in [-0.2, 0) is 16.0 Å². The quantitative estimate of drug-likeness (QED) is 0.757. The van der Waals surface area contributed by atoms with Crippen LogP contribution in [0.1, 0.15) is 43.7 Å². The zero-order valence-electron chi connectivity index (χ0n) is 15.2. The lowest BCUT2D eigenvalue weighted by Gasteiger charge is -2.05. The van der Waals surface area contributed by atoms with Gasteiger partial charge in [0.15, 0.2) is 0 Å². The molecule has 2 N–H and O–H groups in total. The number of hydrogen-bond acceptors (Lipinski definition) is 4. The van der Waals surface area contributed by atoms with Crippen LogP contribution in [0.5, 0.6) is 0 Å². The molecule has 2 amide bonds. The molecule has 0 atom stereocenters. The molecule has 0 unspecified atom stereocenters. The number of amides is 2. The smallest absolute Gasteiger partial charge is 0.226 e. The first-order valence-corrected chi connectivity index (χ1v) is 8.44. The van der Waals surface area contributed by atoms with Gasteiger partial charge in [0.05, 0.1) is 12.1 Å². The van der Waals surface area contributed by atoms with Crippen LogP contribution in [-0.4, -0.2) is 29.9 Å². The molecule has 2 rings (SSSR count). The molecule has 6 heteroatoms. The second-order valence-electron chi connectivity index (χ2n) is 6.31. The second kappa shape index (κ2) is 8.46. The summed E-state index contributed by atoms with van der Waals surface area (Å²) in [5.41, 5.74) is 2.77. The third kappa shape index (κ3) is 5.45. The summed E-state index contributed by atoms with van der Waals surface area (Å²) in [6.07, 6.45) is 0.152. The molecule has 0 fully saturated rings. The molecule has 0 saturated heterocycles. The van der Waals surface area contributed by atoms with Crippen molar-refractivity contribution < 1.29 is 14.0 Å². The number of carbonyl (C=O) groups is 2. The molecule has 6 nitrogen and oxygen atoms in total. The highest BCUT2D eigenvalue weighted by molar-refractivity contribution is 5.78. The summed E-state index contributed by atoms with van der Waals surface area (Å²) in [5, 5.41) is 5.37. The fourth-order valence-corrected chi connectivity index (χ4v) is 2.38. The van der Waals surface area contributed by atoms with Crippen molar-refractivity contribution in [2.24, 2.45) is 0 Å². The van der Waals surface area contributed by atoms with E-state index in [4.69, 9.17) is 4.42 Å². The molecule has 0 spiro atoms. The first-order valence-electron chi connectivity index (χ1n) is 8.44. The predicted octanol–water partition coefficient (Wildman–Crippen LogP) is 2.57. The number of rotatable bonds is 7. The molecule has 1 aromatic heterocycles. The van der Waals surface area contributed by atoms with Gasteiger partial charge in [-0.05, 0) is 30.5 Å². The van der Waals surface area contributed by atoms with Crippen LogP contribution < -0.4 is 10.6 Å². The van der Waals surface area contributed by atoms with Crippen molar-refractivity contribution in [1.82, 2.24) is 15.6 Å². The minimum atomic E-state index is -0.150. The highest BCUT2D eigenvalue weighted by Gasteiger charge is 2.14. The Balaban J connectivity index is 1.97. The van der Waals surface area contributed by atoms with Crippen molar-refractivity contribution in [3.05, 3.63) is 41.3 Å². The fourth-order valence-electron chi connectivity index (χ4n) is 2.38. The lowest BCUT2D eigenvalue weighted by Crippen LogP contribution is -2.34. The van der Waals surface area contributed by atoms with Gasteiger partial charge in [-0.25, -0.2) is 4.98 Å². The van der Waals surface area contributed by atoms with E-state index in [9.17, 15) is 9.59 Å². The van der Waals surface area contributed by atoms with E-state index in [0.717, 1.165) is 5.56 Å². The Hall–Kier alpha value is -2.63. The maximum atomic E-state index is 12.0. The van der Waals surface area contributed by atoms with Gasteiger partial charge < -0.3 is 15.1 Å². The standard InChI is InChI=1S/C19H25N3O3/c1-12(2)15-5-7-16(8-6-15)19-22-17(13(3)25-19)11-18(24)21-10-9-20-14(4)23/h5-8,12H,9-11H2,1-4H3,(H,20,23)(H,21,24). The monoisotopic (exact) mass is 343 g/mol. The van der Waals surface area contributed by atoms with Crippen LogP contribution in [0.2, 0.25) is 0 Å². The number of hydrogen-bond donors (Lipinski definition) is 2.